The number of nitrogens with two attached hydrogens (primary N) is 1. The summed E-state index contributed by atoms with van der Waals surface area (Å²) in [5.41, 5.74) is 11.7. The zero-order chi connectivity index (χ0) is 17.7. The summed E-state index contributed by atoms with van der Waals surface area (Å²) in [7, 11) is 0. The van der Waals surface area contributed by atoms with Gasteiger partial charge in [-0.15, -0.1) is 0 Å². The van der Waals surface area contributed by atoms with Crippen LogP contribution in [0.1, 0.15) is 46.1 Å². The Hall–Kier alpha value is -2.79. The first kappa shape index (κ1) is 15.5. The van der Waals surface area contributed by atoms with Gasteiger partial charge < -0.3 is 16.0 Å². The molecule has 1 fully saturated rings. The van der Waals surface area contributed by atoms with Crippen molar-refractivity contribution in [2.45, 2.75) is 25.4 Å². The minimum atomic E-state index is -0.133. The Morgan fingerprint density at radius 1 is 1.12 bits per heavy atom. The predicted octanol–water partition coefficient (Wildman–Crippen LogP) is 3.18. The van der Waals surface area contributed by atoms with Crippen LogP contribution in [0.2, 0.25) is 0 Å². The average molecular weight is 346 g/mol. The molecule has 1 amide bonds. The normalized spacial score (nSPS) is 19.8. The second kappa shape index (κ2) is 5.88. The van der Waals surface area contributed by atoms with Crippen molar-refractivity contribution in [3.63, 3.8) is 0 Å². The molecule has 1 saturated heterocycles. The zero-order valence-electron chi connectivity index (χ0n) is 14.6. The van der Waals surface area contributed by atoms with E-state index < -0.39 is 0 Å². The SMILES string of the molecule is Nc1ccc2c(c1)C(=O)NC2c1c(CN2CCCC2)[nH]c2ccccc12. The highest BCUT2D eigenvalue weighted by molar-refractivity contribution is 6.01. The number of rotatable bonds is 3. The lowest BCUT2D eigenvalue weighted by Gasteiger charge is -2.18. The Bertz CT molecular complexity index is 1000. The van der Waals surface area contributed by atoms with Gasteiger partial charge in [0.25, 0.3) is 5.91 Å². The summed E-state index contributed by atoms with van der Waals surface area (Å²) in [6, 6.07) is 13.8. The van der Waals surface area contributed by atoms with Gasteiger partial charge in [0.2, 0.25) is 0 Å². The number of amides is 1. The molecule has 2 aromatic carbocycles. The molecule has 0 saturated carbocycles. The standard InChI is InChI=1S/C21H22N4O/c22-13-7-8-14-16(11-13)21(26)24-20(14)19-15-5-1-2-6-17(15)23-18(19)12-25-9-3-4-10-25/h1-2,5-8,11,20,23H,3-4,9-10,12,22H2,(H,24,26). The number of benzene rings is 2. The van der Waals surface area contributed by atoms with E-state index in [-0.39, 0.29) is 11.9 Å². The van der Waals surface area contributed by atoms with Gasteiger partial charge >= 0.3 is 0 Å². The fraction of sp³-hybridized carbons (Fsp3) is 0.286. The Morgan fingerprint density at radius 3 is 2.77 bits per heavy atom. The number of nitrogens with zero attached hydrogens (tertiary/aromatic N) is 1. The van der Waals surface area contributed by atoms with Gasteiger partial charge in [-0.2, -0.15) is 0 Å². The molecule has 5 nitrogen and oxygen atoms in total. The summed E-state index contributed by atoms with van der Waals surface area (Å²) < 4.78 is 0. The molecule has 0 radical (unpaired) electrons. The van der Waals surface area contributed by atoms with E-state index in [0.29, 0.717) is 11.3 Å². The van der Waals surface area contributed by atoms with Crippen LogP contribution in [0.3, 0.4) is 0 Å². The number of fused-ring (bicyclic) bond motifs is 2. The molecular weight excluding hydrogens is 324 g/mol. The summed E-state index contributed by atoms with van der Waals surface area (Å²) in [4.78, 5) is 18.6. The van der Waals surface area contributed by atoms with Gasteiger partial charge in [-0.3, -0.25) is 9.69 Å². The molecule has 5 rings (SSSR count). The number of aromatic amines is 1. The topological polar surface area (TPSA) is 74.2 Å². The van der Waals surface area contributed by atoms with Crippen LogP contribution < -0.4 is 11.1 Å². The molecule has 1 aromatic heterocycles. The maximum Gasteiger partial charge on any atom is 0.252 e. The maximum atomic E-state index is 12.5. The molecular formula is C21H22N4O. The molecule has 5 heteroatoms. The molecule has 0 spiro atoms. The minimum Gasteiger partial charge on any atom is -0.399 e. The van der Waals surface area contributed by atoms with Crippen molar-refractivity contribution in [2.75, 3.05) is 18.8 Å². The zero-order valence-corrected chi connectivity index (χ0v) is 14.6. The van der Waals surface area contributed by atoms with E-state index in [1.165, 1.54) is 29.5 Å². The Labute approximate surface area is 152 Å². The lowest BCUT2D eigenvalue weighted by molar-refractivity contribution is 0.0960. The molecule has 1 unspecified atom stereocenters. The van der Waals surface area contributed by atoms with Crippen LogP contribution in [0.4, 0.5) is 5.69 Å². The van der Waals surface area contributed by atoms with E-state index in [9.17, 15) is 4.79 Å². The number of nitrogens with one attached hydrogen (secondary N) is 2. The summed E-state index contributed by atoms with van der Waals surface area (Å²) in [5.74, 6) is -0.0466. The van der Waals surface area contributed by atoms with Crippen molar-refractivity contribution in [2.24, 2.45) is 0 Å². The number of H-pyrrole nitrogens is 1. The summed E-state index contributed by atoms with van der Waals surface area (Å²) >= 11 is 0. The number of nitrogen functional groups attached to an aromatic ring is 1. The van der Waals surface area contributed by atoms with Crippen molar-refractivity contribution in [3.8, 4) is 0 Å². The molecule has 132 valence electrons. The minimum absolute atomic E-state index is 0.0466. The maximum absolute atomic E-state index is 12.5. The molecule has 4 N–H and O–H groups in total. The molecule has 26 heavy (non-hydrogen) atoms. The third-order valence-electron chi connectivity index (χ3n) is 5.61. The molecule has 1 atom stereocenters. The summed E-state index contributed by atoms with van der Waals surface area (Å²) in [6.07, 6.45) is 2.52. The van der Waals surface area contributed by atoms with Crippen LogP contribution in [0.15, 0.2) is 42.5 Å². The predicted molar refractivity (Wildman–Crippen MR) is 103 cm³/mol. The number of anilines is 1. The van der Waals surface area contributed by atoms with E-state index in [0.717, 1.165) is 30.7 Å². The van der Waals surface area contributed by atoms with E-state index in [4.69, 9.17) is 5.73 Å². The van der Waals surface area contributed by atoms with Gasteiger partial charge in [0.1, 0.15) is 0 Å². The van der Waals surface area contributed by atoms with Crippen molar-refractivity contribution in [1.29, 1.82) is 0 Å². The Kier molecular flexibility index (Phi) is 3.50. The smallest absolute Gasteiger partial charge is 0.252 e. The number of hydrogen-bond acceptors (Lipinski definition) is 3. The Balaban J connectivity index is 1.65. The third kappa shape index (κ3) is 2.39. The quantitative estimate of drug-likeness (QED) is 0.638. The van der Waals surface area contributed by atoms with Crippen molar-refractivity contribution >= 4 is 22.5 Å². The molecule has 0 aliphatic carbocycles. The van der Waals surface area contributed by atoms with Crippen LogP contribution in [-0.4, -0.2) is 28.9 Å². The second-order valence-electron chi connectivity index (χ2n) is 7.30. The first-order chi connectivity index (χ1) is 12.7. The van der Waals surface area contributed by atoms with Gasteiger partial charge in [0.05, 0.1) is 6.04 Å². The lowest BCUT2D eigenvalue weighted by atomic mass is 9.95. The average Bonchev–Trinajstić information content (AvgIpc) is 3.34. The number of para-hydroxylation sites is 1. The molecule has 3 heterocycles. The van der Waals surface area contributed by atoms with Gasteiger partial charge in [-0.1, -0.05) is 24.3 Å². The molecule has 0 bridgehead atoms. The third-order valence-corrected chi connectivity index (χ3v) is 5.61. The molecule has 2 aliphatic heterocycles. The highest BCUT2D eigenvalue weighted by Gasteiger charge is 2.33. The number of hydrogen-bond donors (Lipinski definition) is 3. The molecule has 2 aliphatic rings. The van der Waals surface area contributed by atoms with Crippen molar-refractivity contribution in [3.05, 3.63) is 64.8 Å². The first-order valence-electron chi connectivity index (χ1n) is 9.23. The summed E-state index contributed by atoms with van der Waals surface area (Å²) in [6.45, 7) is 3.17. The van der Waals surface area contributed by atoms with Gasteiger partial charge in [-0.05, 0) is 49.7 Å². The van der Waals surface area contributed by atoms with E-state index in [1.807, 2.05) is 18.2 Å². The van der Waals surface area contributed by atoms with E-state index in [1.54, 1.807) is 6.07 Å². The van der Waals surface area contributed by atoms with Gasteiger partial charge in [0.15, 0.2) is 0 Å². The highest BCUT2D eigenvalue weighted by atomic mass is 16.2. The van der Waals surface area contributed by atoms with Crippen LogP contribution in [0.5, 0.6) is 0 Å². The molecule has 3 aromatic rings. The van der Waals surface area contributed by atoms with Crippen LogP contribution >= 0.6 is 0 Å². The van der Waals surface area contributed by atoms with Crippen LogP contribution in [0, 0.1) is 0 Å². The van der Waals surface area contributed by atoms with Crippen molar-refractivity contribution < 1.29 is 4.79 Å². The number of carbonyl (C=O) groups excluding carboxylic acids is 1. The number of likely N-dealkylation sites (tertiary alicyclic amines) is 1. The largest absolute Gasteiger partial charge is 0.399 e. The van der Waals surface area contributed by atoms with Gasteiger partial charge in [-0.25, -0.2) is 0 Å². The highest BCUT2D eigenvalue weighted by Crippen LogP contribution is 2.38. The van der Waals surface area contributed by atoms with Crippen molar-refractivity contribution in [1.82, 2.24) is 15.2 Å². The first-order valence-corrected chi connectivity index (χ1v) is 9.23. The second-order valence-corrected chi connectivity index (χ2v) is 7.30. The Morgan fingerprint density at radius 2 is 1.92 bits per heavy atom. The van der Waals surface area contributed by atoms with E-state index >= 15 is 0 Å². The lowest BCUT2D eigenvalue weighted by Crippen LogP contribution is -2.23. The monoisotopic (exact) mass is 346 g/mol. The fourth-order valence-corrected chi connectivity index (χ4v) is 4.37. The van der Waals surface area contributed by atoms with E-state index in [2.05, 4.69) is 33.4 Å². The van der Waals surface area contributed by atoms with Crippen LogP contribution in [0.25, 0.3) is 10.9 Å². The van der Waals surface area contributed by atoms with Gasteiger partial charge in [0, 0.05) is 40.0 Å². The number of aromatic nitrogens is 1. The number of carbonyl (C=O) groups is 1. The summed E-state index contributed by atoms with van der Waals surface area (Å²) in [5, 5.41) is 4.35. The van der Waals surface area contributed by atoms with Crippen LogP contribution in [-0.2, 0) is 6.54 Å². The fourth-order valence-electron chi connectivity index (χ4n) is 4.37.